The lowest BCUT2D eigenvalue weighted by Crippen LogP contribution is -2.34. The summed E-state index contributed by atoms with van der Waals surface area (Å²) < 4.78 is 5.62. The summed E-state index contributed by atoms with van der Waals surface area (Å²) in [5.74, 6) is 8.12. The van der Waals surface area contributed by atoms with Crippen LogP contribution >= 0.6 is 0 Å². The molecule has 19 heavy (non-hydrogen) atoms. The third-order valence-corrected chi connectivity index (χ3v) is 4.25. The molecule has 3 atom stereocenters. The van der Waals surface area contributed by atoms with Gasteiger partial charge in [-0.25, -0.2) is 0 Å². The van der Waals surface area contributed by atoms with E-state index in [4.69, 9.17) is 10.6 Å². The second kappa shape index (κ2) is 6.92. The largest absolute Gasteiger partial charge is 0.494 e. The van der Waals surface area contributed by atoms with Crippen molar-refractivity contribution in [2.75, 3.05) is 6.61 Å². The fraction of sp³-hybridized carbons (Fsp3) is 0.625. The molecule has 1 aliphatic carbocycles. The van der Waals surface area contributed by atoms with E-state index in [0.29, 0.717) is 5.92 Å². The molecule has 0 spiro atoms. The van der Waals surface area contributed by atoms with Gasteiger partial charge in [-0.1, -0.05) is 38.8 Å². The average molecular weight is 262 g/mol. The SMILES string of the molecule is CCCOc1ccc(C(NN)C2CCCC2C)cc1. The number of benzene rings is 1. The van der Waals surface area contributed by atoms with E-state index in [2.05, 4.69) is 43.5 Å². The molecule has 0 aromatic heterocycles. The average Bonchev–Trinajstić information content (AvgIpc) is 2.85. The molecule has 0 bridgehead atoms. The predicted octanol–water partition coefficient (Wildman–Crippen LogP) is 3.42. The maximum absolute atomic E-state index is 5.78. The Hall–Kier alpha value is -1.06. The first-order chi connectivity index (χ1) is 9.26. The molecule has 0 radical (unpaired) electrons. The smallest absolute Gasteiger partial charge is 0.119 e. The van der Waals surface area contributed by atoms with E-state index in [1.807, 2.05) is 0 Å². The molecule has 3 unspecified atom stereocenters. The van der Waals surface area contributed by atoms with E-state index in [1.54, 1.807) is 0 Å². The molecular formula is C16H26N2O. The van der Waals surface area contributed by atoms with Crippen LogP contribution in [0, 0.1) is 11.8 Å². The van der Waals surface area contributed by atoms with Crippen molar-refractivity contribution < 1.29 is 4.74 Å². The second-order valence-electron chi connectivity index (χ2n) is 5.63. The van der Waals surface area contributed by atoms with Crippen LogP contribution in [-0.2, 0) is 0 Å². The van der Waals surface area contributed by atoms with E-state index in [0.717, 1.165) is 24.7 Å². The maximum Gasteiger partial charge on any atom is 0.119 e. The number of nitrogens with one attached hydrogen (secondary N) is 1. The maximum atomic E-state index is 5.78. The first-order valence-electron chi connectivity index (χ1n) is 7.45. The molecule has 1 aromatic carbocycles. The van der Waals surface area contributed by atoms with Crippen molar-refractivity contribution >= 4 is 0 Å². The molecule has 1 saturated carbocycles. The molecule has 106 valence electrons. The summed E-state index contributed by atoms with van der Waals surface area (Å²) >= 11 is 0. The molecule has 3 N–H and O–H groups in total. The van der Waals surface area contributed by atoms with E-state index in [9.17, 15) is 0 Å². The summed E-state index contributed by atoms with van der Waals surface area (Å²) in [5, 5.41) is 0. The summed E-state index contributed by atoms with van der Waals surface area (Å²) in [6.07, 6.45) is 4.95. The fourth-order valence-electron chi connectivity index (χ4n) is 3.13. The van der Waals surface area contributed by atoms with Crippen LogP contribution in [0.15, 0.2) is 24.3 Å². The van der Waals surface area contributed by atoms with Gasteiger partial charge in [0.1, 0.15) is 5.75 Å². The summed E-state index contributed by atoms with van der Waals surface area (Å²) in [7, 11) is 0. The monoisotopic (exact) mass is 262 g/mol. The molecule has 2 rings (SSSR count). The second-order valence-corrected chi connectivity index (χ2v) is 5.63. The van der Waals surface area contributed by atoms with Gasteiger partial charge in [0.25, 0.3) is 0 Å². The van der Waals surface area contributed by atoms with E-state index in [1.165, 1.54) is 24.8 Å². The lowest BCUT2D eigenvalue weighted by atomic mass is 9.86. The lowest BCUT2D eigenvalue weighted by Gasteiger charge is -2.26. The first-order valence-corrected chi connectivity index (χ1v) is 7.45. The zero-order chi connectivity index (χ0) is 13.7. The fourth-order valence-corrected chi connectivity index (χ4v) is 3.13. The first kappa shape index (κ1) is 14.4. The van der Waals surface area contributed by atoms with Crippen molar-refractivity contribution in [1.82, 2.24) is 5.43 Å². The number of ether oxygens (including phenoxy) is 1. The van der Waals surface area contributed by atoms with Crippen molar-refractivity contribution in [3.8, 4) is 5.75 Å². The van der Waals surface area contributed by atoms with Gasteiger partial charge < -0.3 is 4.74 Å². The minimum absolute atomic E-state index is 0.262. The van der Waals surface area contributed by atoms with E-state index < -0.39 is 0 Å². The van der Waals surface area contributed by atoms with Crippen LogP contribution < -0.4 is 16.0 Å². The highest BCUT2D eigenvalue weighted by molar-refractivity contribution is 5.29. The number of hydrogen-bond acceptors (Lipinski definition) is 3. The lowest BCUT2D eigenvalue weighted by molar-refractivity contribution is 0.302. The van der Waals surface area contributed by atoms with Gasteiger partial charge in [-0.05, 0) is 42.4 Å². The molecule has 1 fully saturated rings. The Morgan fingerprint density at radius 1 is 1.32 bits per heavy atom. The number of hydrogen-bond donors (Lipinski definition) is 2. The van der Waals surface area contributed by atoms with Crippen molar-refractivity contribution in [3.63, 3.8) is 0 Å². The van der Waals surface area contributed by atoms with Crippen molar-refractivity contribution in [3.05, 3.63) is 29.8 Å². The molecule has 3 heteroatoms. The van der Waals surface area contributed by atoms with Crippen LogP contribution in [0.3, 0.4) is 0 Å². The Morgan fingerprint density at radius 3 is 2.58 bits per heavy atom. The van der Waals surface area contributed by atoms with Gasteiger partial charge in [-0.2, -0.15) is 0 Å². The van der Waals surface area contributed by atoms with Crippen molar-refractivity contribution in [2.24, 2.45) is 17.7 Å². The van der Waals surface area contributed by atoms with E-state index in [-0.39, 0.29) is 6.04 Å². The van der Waals surface area contributed by atoms with Crippen molar-refractivity contribution in [1.29, 1.82) is 0 Å². The van der Waals surface area contributed by atoms with Crippen molar-refractivity contribution in [2.45, 2.75) is 45.6 Å². The zero-order valence-electron chi connectivity index (χ0n) is 12.1. The van der Waals surface area contributed by atoms with Gasteiger partial charge in [0.2, 0.25) is 0 Å². The molecule has 0 amide bonds. The van der Waals surface area contributed by atoms with Crippen LogP contribution in [0.2, 0.25) is 0 Å². The van der Waals surface area contributed by atoms with Gasteiger partial charge in [0.05, 0.1) is 6.61 Å². The Bertz CT molecular complexity index is 377. The van der Waals surface area contributed by atoms with Gasteiger partial charge in [-0.3, -0.25) is 11.3 Å². The minimum atomic E-state index is 0.262. The highest BCUT2D eigenvalue weighted by Gasteiger charge is 2.31. The Morgan fingerprint density at radius 2 is 2.05 bits per heavy atom. The van der Waals surface area contributed by atoms with Crippen LogP contribution in [0.25, 0.3) is 0 Å². The van der Waals surface area contributed by atoms with Crippen LogP contribution in [0.1, 0.15) is 51.1 Å². The Balaban J connectivity index is 2.06. The molecule has 0 aliphatic heterocycles. The van der Waals surface area contributed by atoms with Gasteiger partial charge >= 0.3 is 0 Å². The highest BCUT2D eigenvalue weighted by Crippen LogP contribution is 2.39. The normalized spacial score (nSPS) is 24.4. The molecule has 0 saturated heterocycles. The molecule has 3 nitrogen and oxygen atoms in total. The summed E-state index contributed by atoms with van der Waals surface area (Å²) in [5.41, 5.74) is 4.28. The minimum Gasteiger partial charge on any atom is -0.494 e. The summed E-state index contributed by atoms with van der Waals surface area (Å²) in [4.78, 5) is 0. The molecule has 0 heterocycles. The van der Waals surface area contributed by atoms with Gasteiger partial charge in [0.15, 0.2) is 0 Å². The third kappa shape index (κ3) is 3.48. The van der Waals surface area contributed by atoms with Gasteiger partial charge in [-0.15, -0.1) is 0 Å². The number of rotatable bonds is 6. The highest BCUT2D eigenvalue weighted by atomic mass is 16.5. The number of nitrogens with two attached hydrogens (primary N) is 1. The Labute approximate surface area is 116 Å². The molecule has 1 aliphatic rings. The molecule has 1 aromatic rings. The summed E-state index contributed by atoms with van der Waals surface area (Å²) in [6.45, 7) is 5.22. The van der Waals surface area contributed by atoms with Crippen LogP contribution in [-0.4, -0.2) is 6.61 Å². The van der Waals surface area contributed by atoms with Crippen LogP contribution in [0.5, 0.6) is 5.75 Å². The predicted molar refractivity (Wildman–Crippen MR) is 78.8 cm³/mol. The number of hydrazine groups is 1. The van der Waals surface area contributed by atoms with Gasteiger partial charge in [0, 0.05) is 6.04 Å². The quantitative estimate of drug-likeness (QED) is 0.610. The van der Waals surface area contributed by atoms with Crippen LogP contribution in [0.4, 0.5) is 0 Å². The molecular weight excluding hydrogens is 236 g/mol. The zero-order valence-corrected chi connectivity index (χ0v) is 12.1. The van der Waals surface area contributed by atoms with E-state index >= 15 is 0 Å². The standard InChI is InChI=1S/C16H26N2O/c1-3-11-19-14-9-7-13(8-10-14)16(18-17)15-6-4-5-12(15)2/h7-10,12,15-16,18H,3-6,11,17H2,1-2H3. The topological polar surface area (TPSA) is 47.3 Å². The summed E-state index contributed by atoms with van der Waals surface area (Å²) in [6, 6.07) is 8.64. The third-order valence-electron chi connectivity index (χ3n) is 4.25. The Kier molecular flexibility index (Phi) is 5.23.